The average molecular weight is 242 g/mol. The van der Waals surface area contributed by atoms with Crippen molar-refractivity contribution in [3.05, 3.63) is 35.4 Å². The topological polar surface area (TPSA) is 46.3 Å². The molecule has 3 nitrogen and oxygen atoms in total. The minimum atomic E-state index is 0.0171. The standard InChI is InChI=1S/C15H18N2O/c1-2-9-17(11-13-3-4-13)15(18)14-7-5-12(10-16)6-8-14/h1,5-8,13H,3-4,9-11,16H2. The van der Waals surface area contributed by atoms with Crippen LogP contribution < -0.4 is 5.73 Å². The van der Waals surface area contributed by atoms with Crippen molar-refractivity contribution in [2.45, 2.75) is 19.4 Å². The van der Waals surface area contributed by atoms with Crippen LogP contribution >= 0.6 is 0 Å². The summed E-state index contributed by atoms with van der Waals surface area (Å²) >= 11 is 0. The van der Waals surface area contributed by atoms with Gasteiger partial charge in [-0.05, 0) is 36.5 Å². The van der Waals surface area contributed by atoms with E-state index in [2.05, 4.69) is 5.92 Å². The van der Waals surface area contributed by atoms with Gasteiger partial charge in [0.2, 0.25) is 0 Å². The lowest BCUT2D eigenvalue weighted by molar-refractivity contribution is 0.0770. The van der Waals surface area contributed by atoms with Gasteiger partial charge >= 0.3 is 0 Å². The van der Waals surface area contributed by atoms with Gasteiger partial charge < -0.3 is 10.6 Å². The molecule has 0 spiro atoms. The molecular weight excluding hydrogens is 224 g/mol. The quantitative estimate of drug-likeness (QED) is 0.798. The van der Waals surface area contributed by atoms with Gasteiger partial charge in [0.15, 0.2) is 0 Å². The number of nitrogens with two attached hydrogens (primary N) is 1. The van der Waals surface area contributed by atoms with E-state index < -0.39 is 0 Å². The van der Waals surface area contributed by atoms with Crippen LogP contribution in [0, 0.1) is 18.3 Å². The fourth-order valence-electron chi connectivity index (χ4n) is 1.91. The Morgan fingerprint density at radius 2 is 2.06 bits per heavy atom. The Labute approximate surface area is 108 Å². The van der Waals surface area contributed by atoms with Crippen LogP contribution in [0.1, 0.15) is 28.8 Å². The summed E-state index contributed by atoms with van der Waals surface area (Å²) in [5, 5.41) is 0. The summed E-state index contributed by atoms with van der Waals surface area (Å²) in [6, 6.07) is 7.42. The van der Waals surface area contributed by atoms with Crippen molar-refractivity contribution in [1.29, 1.82) is 0 Å². The molecule has 94 valence electrons. The lowest BCUT2D eigenvalue weighted by Crippen LogP contribution is -2.33. The SMILES string of the molecule is C#CCN(CC1CC1)C(=O)c1ccc(CN)cc1. The number of nitrogens with zero attached hydrogens (tertiary/aromatic N) is 1. The molecule has 0 heterocycles. The van der Waals surface area contributed by atoms with Crippen LogP contribution in [0.5, 0.6) is 0 Å². The highest BCUT2D eigenvalue weighted by atomic mass is 16.2. The molecule has 3 heteroatoms. The summed E-state index contributed by atoms with van der Waals surface area (Å²) in [6.45, 7) is 1.65. The maximum Gasteiger partial charge on any atom is 0.254 e. The zero-order chi connectivity index (χ0) is 13.0. The summed E-state index contributed by atoms with van der Waals surface area (Å²) in [6.07, 6.45) is 7.74. The van der Waals surface area contributed by atoms with Crippen LogP contribution in [0.4, 0.5) is 0 Å². The number of carbonyl (C=O) groups is 1. The summed E-state index contributed by atoms with van der Waals surface area (Å²) in [5.74, 6) is 3.22. The molecule has 1 aromatic carbocycles. The highest BCUT2D eigenvalue weighted by Crippen LogP contribution is 2.30. The zero-order valence-corrected chi connectivity index (χ0v) is 10.4. The van der Waals surface area contributed by atoms with Gasteiger partial charge in [-0.25, -0.2) is 0 Å². The number of rotatable bonds is 5. The predicted octanol–water partition coefficient (Wildman–Crippen LogP) is 1.63. The van der Waals surface area contributed by atoms with E-state index in [-0.39, 0.29) is 5.91 Å². The van der Waals surface area contributed by atoms with Crippen molar-refractivity contribution in [2.24, 2.45) is 11.7 Å². The van der Waals surface area contributed by atoms with Gasteiger partial charge in [0.1, 0.15) is 0 Å². The van der Waals surface area contributed by atoms with Crippen molar-refractivity contribution in [2.75, 3.05) is 13.1 Å². The molecule has 0 atom stereocenters. The van der Waals surface area contributed by atoms with E-state index in [1.807, 2.05) is 24.3 Å². The lowest BCUT2D eigenvalue weighted by atomic mass is 10.1. The fourth-order valence-corrected chi connectivity index (χ4v) is 1.91. The van der Waals surface area contributed by atoms with Gasteiger partial charge in [0.25, 0.3) is 5.91 Å². The molecule has 0 aromatic heterocycles. The summed E-state index contributed by atoms with van der Waals surface area (Å²) in [4.78, 5) is 14.1. The van der Waals surface area contributed by atoms with Gasteiger partial charge in [-0.2, -0.15) is 0 Å². The fraction of sp³-hybridized carbons (Fsp3) is 0.400. The number of terminal acetylenes is 1. The van der Waals surface area contributed by atoms with E-state index in [0.29, 0.717) is 24.6 Å². The van der Waals surface area contributed by atoms with Crippen molar-refractivity contribution in [1.82, 2.24) is 4.90 Å². The monoisotopic (exact) mass is 242 g/mol. The van der Waals surface area contributed by atoms with Crippen molar-refractivity contribution >= 4 is 5.91 Å². The Hall–Kier alpha value is -1.79. The van der Waals surface area contributed by atoms with Gasteiger partial charge in [-0.1, -0.05) is 18.1 Å². The largest absolute Gasteiger partial charge is 0.327 e. The molecule has 1 amide bonds. The highest BCUT2D eigenvalue weighted by molar-refractivity contribution is 5.94. The minimum absolute atomic E-state index is 0.0171. The Bertz CT molecular complexity index is 454. The van der Waals surface area contributed by atoms with Crippen molar-refractivity contribution in [3.63, 3.8) is 0 Å². The molecule has 0 radical (unpaired) electrons. The van der Waals surface area contributed by atoms with Gasteiger partial charge in [0.05, 0.1) is 6.54 Å². The third-order valence-corrected chi connectivity index (χ3v) is 3.18. The summed E-state index contributed by atoms with van der Waals surface area (Å²) in [5.41, 5.74) is 7.24. The molecule has 1 aromatic rings. The first-order valence-electron chi connectivity index (χ1n) is 6.26. The molecule has 1 fully saturated rings. The van der Waals surface area contributed by atoms with Gasteiger partial charge in [-0.3, -0.25) is 4.79 Å². The molecule has 0 bridgehead atoms. The second-order valence-corrected chi connectivity index (χ2v) is 4.73. The first-order chi connectivity index (χ1) is 8.74. The van der Waals surface area contributed by atoms with Crippen LogP contribution in [-0.4, -0.2) is 23.9 Å². The predicted molar refractivity (Wildman–Crippen MR) is 71.8 cm³/mol. The Balaban J connectivity index is 2.08. The van der Waals surface area contributed by atoms with Gasteiger partial charge in [-0.15, -0.1) is 6.42 Å². The number of benzene rings is 1. The molecule has 1 aliphatic rings. The normalized spacial score (nSPS) is 14.0. The summed E-state index contributed by atoms with van der Waals surface area (Å²) < 4.78 is 0. The van der Waals surface area contributed by atoms with E-state index in [0.717, 1.165) is 12.1 Å². The number of hydrogen-bond acceptors (Lipinski definition) is 2. The van der Waals surface area contributed by atoms with E-state index in [1.165, 1.54) is 12.8 Å². The Morgan fingerprint density at radius 3 is 2.56 bits per heavy atom. The first-order valence-corrected chi connectivity index (χ1v) is 6.26. The number of amides is 1. The maximum absolute atomic E-state index is 12.3. The Kier molecular flexibility index (Phi) is 4.01. The lowest BCUT2D eigenvalue weighted by Gasteiger charge is -2.20. The first kappa shape index (κ1) is 12.7. The van der Waals surface area contributed by atoms with Crippen molar-refractivity contribution < 1.29 is 4.79 Å². The smallest absolute Gasteiger partial charge is 0.254 e. The van der Waals surface area contributed by atoms with E-state index in [1.54, 1.807) is 4.90 Å². The molecule has 1 saturated carbocycles. The van der Waals surface area contributed by atoms with E-state index >= 15 is 0 Å². The van der Waals surface area contributed by atoms with Crippen LogP contribution in [0.2, 0.25) is 0 Å². The second kappa shape index (κ2) is 5.70. The Morgan fingerprint density at radius 1 is 1.39 bits per heavy atom. The molecule has 2 rings (SSSR count). The minimum Gasteiger partial charge on any atom is -0.327 e. The average Bonchev–Trinajstić information content (AvgIpc) is 3.21. The third kappa shape index (κ3) is 3.12. The van der Waals surface area contributed by atoms with Crippen LogP contribution in [0.3, 0.4) is 0 Å². The van der Waals surface area contributed by atoms with Gasteiger partial charge in [0, 0.05) is 18.7 Å². The van der Waals surface area contributed by atoms with Crippen LogP contribution in [0.25, 0.3) is 0 Å². The molecule has 1 aliphatic carbocycles. The van der Waals surface area contributed by atoms with Crippen molar-refractivity contribution in [3.8, 4) is 12.3 Å². The molecule has 0 saturated heterocycles. The maximum atomic E-state index is 12.3. The van der Waals surface area contributed by atoms with Crippen LogP contribution in [-0.2, 0) is 6.54 Å². The third-order valence-electron chi connectivity index (χ3n) is 3.18. The molecule has 0 unspecified atom stereocenters. The highest BCUT2D eigenvalue weighted by Gasteiger charge is 2.26. The summed E-state index contributed by atoms with van der Waals surface area (Å²) in [7, 11) is 0. The van der Waals surface area contributed by atoms with E-state index in [4.69, 9.17) is 12.2 Å². The van der Waals surface area contributed by atoms with E-state index in [9.17, 15) is 4.79 Å². The molecular formula is C15H18N2O. The zero-order valence-electron chi connectivity index (χ0n) is 10.4. The molecule has 2 N–H and O–H groups in total. The number of carbonyl (C=O) groups excluding carboxylic acids is 1. The van der Waals surface area contributed by atoms with Crippen LogP contribution in [0.15, 0.2) is 24.3 Å². The molecule has 0 aliphatic heterocycles. The second-order valence-electron chi connectivity index (χ2n) is 4.73. The molecule has 18 heavy (non-hydrogen) atoms. The number of hydrogen-bond donors (Lipinski definition) is 1.